The van der Waals surface area contributed by atoms with Crippen LogP contribution in [0.3, 0.4) is 0 Å². The number of aromatic nitrogens is 3. The van der Waals surface area contributed by atoms with Gasteiger partial charge in [0.1, 0.15) is 58.9 Å². The fourth-order valence-corrected chi connectivity index (χ4v) is 12.4. The van der Waals surface area contributed by atoms with Gasteiger partial charge >= 0.3 is 30.6 Å². The highest BCUT2D eigenvalue weighted by Crippen LogP contribution is 2.50. The van der Waals surface area contributed by atoms with E-state index in [9.17, 15) is 176 Å². The summed E-state index contributed by atoms with van der Waals surface area (Å²) in [6, 6.07) is 10.2. The Morgan fingerprint density at radius 3 is 0.669 bits per heavy atom. The normalized spacial score (nSPS) is 13.9. The number of nitrogens with one attached hydrogen (secondary N) is 3. The molecular formula is C81H98F40N6O12. The van der Waals surface area contributed by atoms with Crippen LogP contribution < -0.4 is 44.4 Å². The molecule has 3 N–H and O–H groups in total. The highest BCUT2D eigenvalue weighted by Gasteiger charge is 2.63. The van der Waals surface area contributed by atoms with E-state index in [2.05, 4.69) is 30.9 Å². The minimum atomic E-state index is -6.55. The first kappa shape index (κ1) is 123. The predicted molar refractivity (Wildman–Crippen MR) is 413 cm³/mol. The predicted octanol–water partition coefficient (Wildman–Crippen LogP) is 27.2. The zero-order valence-electron chi connectivity index (χ0n) is 73.3. The molecule has 4 rings (SSSR count). The molecule has 18 nitrogen and oxygen atoms in total. The molecule has 0 saturated carbocycles. The molecule has 4 aromatic rings. The minimum Gasteiger partial charge on any atom is -0.487 e. The number of hydrogen-bond acceptors (Lipinski definition) is 18. The van der Waals surface area contributed by atoms with Gasteiger partial charge in [-0.1, -0.05) is 6.92 Å². The molecule has 0 radical (unpaired) electrons. The fourth-order valence-electron chi connectivity index (χ4n) is 12.4. The van der Waals surface area contributed by atoms with E-state index in [0.29, 0.717) is 0 Å². The van der Waals surface area contributed by atoms with Crippen LogP contribution >= 0.6 is 0 Å². The Balaban J connectivity index is 1.82. The maximum absolute atomic E-state index is 14.7. The first-order chi connectivity index (χ1) is 63.5. The summed E-state index contributed by atoms with van der Waals surface area (Å²) >= 11 is 0. The number of halogens is 40. The van der Waals surface area contributed by atoms with Gasteiger partial charge in [-0.3, -0.25) is 0 Å². The van der Waals surface area contributed by atoms with Gasteiger partial charge in [0.25, 0.3) is 77.0 Å². The van der Waals surface area contributed by atoms with Crippen LogP contribution in [0.15, 0.2) is 54.6 Å². The lowest BCUT2D eigenvalue weighted by Crippen LogP contribution is -2.43. The van der Waals surface area contributed by atoms with E-state index in [0.717, 1.165) is 43.3 Å². The lowest BCUT2D eigenvalue weighted by atomic mass is 10.0. The van der Waals surface area contributed by atoms with Crippen LogP contribution in [0.1, 0.15) is 155 Å². The van der Waals surface area contributed by atoms with Crippen molar-refractivity contribution < 1.29 is 232 Å². The van der Waals surface area contributed by atoms with Crippen molar-refractivity contribution in [1.82, 2.24) is 15.0 Å². The van der Waals surface area contributed by atoms with Crippen molar-refractivity contribution in [2.75, 3.05) is 135 Å². The van der Waals surface area contributed by atoms with Crippen LogP contribution in [0.4, 0.5) is 211 Å². The molecule has 0 unspecified atom stereocenters. The number of anilines is 6. The molecule has 1 aromatic heterocycles. The first-order valence-electron chi connectivity index (χ1n) is 41.7. The van der Waals surface area contributed by atoms with Crippen molar-refractivity contribution in [3.63, 3.8) is 0 Å². The van der Waals surface area contributed by atoms with Crippen molar-refractivity contribution in [3.8, 4) is 34.5 Å². The van der Waals surface area contributed by atoms with Crippen molar-refractivity contribution in [1.29, 1.82) is 0 Å². The molecule has 0 spiro atoms. The molecule has 3 aromatic carbocycles. The summed E-state index contributed by atoms with van der Waals surface area (Å²) in [6.07, 6.45) is -63.2. The van der Waals surface area contributed by atoms with E-state index >= 15 is 0 Å². The monoisotopic (exact) mass is 2110 g/mol. The Kier molecular flexibility index (Phi) is 46.4. The fraction of sp³-hybridized carbons (Fsp3) is 0.741. The van der Waals surface area contributed by atoms with Gasteiger partial charge in [-0.05, 0) is 69.0 Å². The number of ether oxygens (including phenoxy) is 12. The molecule has 58 heteroatoms. The summed E-state index contributed by atoms with van der Waals surface area (Å²) in [5.41, 5.74) is -0.446. The van der Waals surface area contributed by atoms with E-state index in [1.807, 2.05) is 0 Å². The molecular weight excluding hydrogens is 2010 g/mol. The van der Waals surface area contributed by atoms with Crippen LogP contribution in [0, 0.1) is 0 Å². The Hall–Kier alpha value is -8.17. The largest absolute Gasteiger partial charge is 0.487 e. The molecule has 0 aliphatic rings. The summed E-state index contributed by atoms with van der Waals surface area (Å²) in [5.74, 6) is -67.5. The standard InChI is InChI=1S/C81H98F40N6O12/c1-3-65(84,85)42-66(86,87)14-4-20-130-28-35-137-58-38-52(8-11-55(58)134-32-26-128-21-5-15-67(88,89)43-74(102,103)49-78(110,111)112)122-61-125-62(123-53-9-12-56(135-33-27-129-22-6-16-68(90,91)44-75(104,105)50-79(113,114)115)59(39-53)138-36-29-131-23-7-17-69(92,93)45-76(106,107)51-80(116,117)118)127-63(126-61)124-54-10-13-57(136-34-30-132-24-18-70(94,95)46-72(98,99)41-64(2,82)83)60(40-54)139-37-31-133-25-19-71(96,97)47-73(100,101)48-77(108,109)81(119,120)121/h8-13,38-40H,3-7,14-37,41-51H2,1-2H3,(H3,122,123,124,125,126,127). The van der Waals surface area contributed by atoms with Crippen molar-refractivity contribution >= 4 is 34.9 Å². The Bertz CT molecular complexity index is 4220. The highest BCUT2D eigenvalue weighted by molar-refractivity contribution is 5.66. The average Bonchev–Trinajstić information content (AvgIpc) is 1.61. The van der Waals surface area contributed by atoms with Crippen molar-refractivity contribution in [3.05, 3.63) is 54.6 Å². The van der Waals surface area contributed by atoms with Gasteiger partial charge in [-0.25, -0.2) is 114 Å². The maximum atomic E-state index is 14.7. The second kappa shape index (κ2) is 52.4. The van der Waals surface area contributed by atoms with Gasteiger partial charge in [0, 0.05) is 107 Å². The average molecular weight is 2110 g/mol. The lowest BCUT2D eigenvalue weighted by molar-refractivity contribution is -0.304. The number of nitrogens with zero attached hydrogens (tertiary/aromatic N) is 3. The van der Waals surface area contributed by atoms with Crippen LogP contribution in [0.25, 0.3) is 0 Å². The lowest BCUT2D eigenvalue weighted by Gasteiger charge is -2.27. The highest BCUT2D eigenvalue weighted by atomic mass is 19.4. The van der Waals surface area contributed by atoms with E-state index < -0.39 is 391 Å². The number of alkyl halides is 40. The second-order valence-corrected chi connectivity index (χ2v) is 32.0. The van der Waals surface area contributed by atoms with E-state index in [1.165, 1.54) is 18.2 Å². The molecule has 0 atom stereocenters. The molecule has 0 bridgehead atoms. The summed E-state index contributed by atoms with van der Waals surface area (Å²) < 4.78 is 613. The van der Waals surface area contributed by atoms with Crippen molar-refractivity contribution in [2.24, 2.45) is 0 Å². The molecule has 0 fully saturated rings. The molecule has 0 saturated heterocycles. The summed E-state index contributed by atoms with van der Waals surface area (Å²) in [6.45, 7) is -10.4. The van der Waals surface area contributed by atoms with Crippen LogP contribution in [-0.4, -0.2) is 241 Å². The maximum Gasteiger partial charge on any atom is 0.453 e. The summed E-state index contributed by atoms with van der Waals surface area (Å²) in [5, 5.41) is 8.29. The second-order valence-electron chi connectivity index (χ2n) is 32.0. The van der Waals surface area contributed by atoms with E-state index in [1.54, 1.807) is 0 Å². The third-order valence-electron chi connectivity index (χ3n) is 18.2. The first-order valence-corrected chi connectivity index (χ1v) is 41.7. The SMILES string of the molecule is CCC(F)(F)CC(F)(F)CCCOCCOc1cc(Nc2nc(Nc3ccc(OCCOCCCC(F)(F)CC(F)(F)CC(F)(F)F)c(OCCOCCCC(F)(F)CC(F)(F)CC(F)(F)F)c3)nc(Nc3ccc(OCCOCCC(F)(F)CC(F)(F)CC(C)(F)F)c(OCCOCCC(F)(F)CC(F)(F)CC(F)(F)C(F)(F)F)c3)n2)ccc1OCCOCCCC(F)(F)CC(F)(F)CC(F)(F)F. The van der Waals surface area contributed by atoms with Crippen molar-refractivity contribution in [2.45, 2.75) is 263 Å². The Labute approximate surface area is 767 Å². The number of rotatable bonds is 72. The van der Waals surface area contributed by atoms with Crippen LogP contribution in [-0.2, 0) is 28.4 Å². The number of benzene rings is 3. The molecule has 0 aliphatic heterocycles. The van der Waals surface area contributed by atoms with E-state index in [4.69, 9.17) is 56.8 Å². The zero-order chi connectivity index (χ0) is 105. The molecule has 0 aliphatic carbocycles. The van der Waals surface area contributed by atoms with Gasteiger partial charge in [-0.15, -0.1) is 0 Å². The van der Waals surface area contributed by atoms with Gasteiger partial charge in [0.2, 0.25) is 17.8 Å². The third kappa shape index (κ3) is 54.8. The number of hydrogen-bond donors (Lipinski definition) is 3. The van der Waals surface area contributed by atoms with E-state index in [-0.39, 0.29) is 52.7 Å². The van der Waals surface area contributed by atoms with Gasteiger partial charge < -0.3 is 72.8 Å². The third-order valence-corrected chi connectivity index (χ3v) is 18.2. The molecule has 1 heterocycles. The molecule has 139 heavy (non-hydrogen) atoms. The van der Waals surface area contributed by atoms with Gasteiger partial charge in [-0.2, -0.15) is 76.4 Å². The van der Waals surface area contributed by atoms with Crippen LogP contribution in [0.2, 0.25) is 0 Å². The Morgan fingerprint density at radius 2 is 0.439 bits per heavy atom. The molecule has 804 valence electrons. The summed E-state index contributed by atoms with van der Waals surface area (Å²) in [7, 11) is 0. The topological polar surface area (TPSA) is 186 Å². The van der Waals surface area contributed by atoms with Crippen LogP contribution in [0.5, 0.6) is 34.5 Å². The molecule has 0 amide bonds. The quantitative estimate of drug-likeness (QED) is 0.0280. The summed E-state index contributed by atoms with van der Waals surface area (Å²) in [4.78, 5) is 13.0. The smallest absolute Gasteiger partial charge is 0.453 e. The Morgan fingerprint density at radius 1 is 0.223 bits per heavy atom. The minimum absolute atomic E-state index is 0.0713. The zero-order valence-corrected chi connectivity index (χ0v) is 73.3. The van der Waals surface area contributed by atoms with Gasteiger partial charge in [0.05, 0.1) is 104 Å². The van der Waals surface area contributed by atoms with Gasteiger partial charge in [0.15, 0.2) is 34.5 Å².